The molecule has 3 heterocycles. The van der Waals surface area contributed by atoms with Gasteiger partial charge in [-0.05, 0) is 43.2 Å². The van der Waals surface area contributed by atoms with Crippen LogP contribution in [0.5, 0.6) is 0 Å². The number of hydrogen-bond acceptors (Lipinski definition) is 6. The molecule has 10 nitrogen and oxygen atoms in total. The van der Waals surface area contributed by atoms with Gasteiger partial charge in [0.2, 0.25) is 0 Å². The summed E-state index contributed by atoms with van der Waals surface area (Å²) in [5.41, 5.74) is 5.62. The Morgan fingerprint density at radius 2 is 2.09 bits per heavy atom. The van der Waals surface area contributed by atoms with Crippen molar-refractivity contribution in [1.82, 2.24) is 14.7 Å². The number of amides is 2. The standard InChI is InChI=1S/C23H19ClFN5O5/c24-15-5-6-16-17(18(15)25)23(35-22(34)28-16)7-2-8-29(11-23)20(31)14-10-27-30(19(14)26)13-4-1-3-12(9-13)21(32)33/h1,3-6,9-10H,2,7-8,11,26H2,(H,28,34)(H,32,33)/t23-/m0/s1. The van der Waals surface area contributed by atoms with Crippen LogP contribution in [0, 0.1) is 5.82 Å². The monoisotopic (exact) mass is 499 g/mol. The fourth-order valence-electron chi connectivity index (χ4n) is 4.62. The van der Waals surface area contributed by atoms with Crippen LogP contribution < -0.4 is 11.1 Å². The number of benzene rings is 2. The zero-order valence-corrected chi connectivity index (χ0v) is 18.9. The van der Waals surface area contributed by atoms with Crippen LogP contribution in [0.25, 0.3) is 5.69 Å². The molecule has 2 amide bonds. The van der Waals surface area contributed by atoms with Crippen molar-refractivity contribution in [1.29, 1.82) is 0 Å². The molecule has 3 aromatic rings. The summed E-state index contributed by atoms with van der Waals surface area (Å²) in [5, 5.41) is 15.8. The number of anilines is 2. The number of rotatable bonds is 3. The smallest absolute Gasteiger partial charge is 0.412 e. The summed E-state index contributed by atoms with van der Waals surface area (Å²) in [6.45, 7) is 0.213. The number of nitrogens with one attached hydrogen (secondary N) is 1. The molecule has 2 aromatic carbocycles. The number of carboxylic acid groups (broad SMARTS) is 1. The first-order valence-electron chi connectivity index (χ1n) is 10.7. The molecule has 35 heavy (non-hydrogen) atoms. The maximum atomic E-state index is 15.1. The van der Waals surface area contributed by atoms with Gasteiger partial charge in [0.15, 0.2) is 11.4 Å². The first-order chi connectivity index (χ1) is 16.7. The van der Waals surface area contributed by atoms with Gasteiger partial charge in [-0.25, -0.2) is 18.7 Å². The fourth-order valence-corrected chi connectivity index (χ4v) is 4.77. The third-order valence-electron chi connectivity index (χ3n) is 6.19. The molecule has 1 spiro atoms. The van der Waals surface area contributed by atoms with Crippen LogP contribution in [0.1, 0.15) is 39.1 Å². The number of aromatic carboxylic acids is 1. The molecule has 1 atom stereocenters. The highest BCUT2D eigenvalue weighted by Crippen LogP contribution is 2.45. The average molecular weight is 500 g/mol. The molecule has 0 radical (unpaired) electrons. The van der Waals surface area contributed by atoms with Crippen LogP contribution in [0.15, 0.2) is 42.6 Å². The molecule has 5 rings (SSSR count). The van der Waals surface area contributed by atoms with Gasteiger partial charge in [0.25, 0.3) is 5.91 Å². The van der Waals surface area contributed by atoms with Crippen LogP contribution in [-0.4, -0.2) is 50.8 Å². The number of carbonyl (C=O) groups excluding carboxylic acids is 2. The third-order valence-corrected chi connectivity index (χ3v) is 6.48. The molecular formula is C23H19ClFN5O5. The number of likely N-dealkylation sites (tertiary alicyclic amines) is 1. The Morgan fingerprint density at radius 1 is 1.29 bits per heavy atom. The molecule has 2 aliphatic rings. The van der Waals surface area contributed by atoms with E-state index >= 15 is 4.39 Å². The average Bonchev–Trinajstić information content (AvgIpc) is 3.22. The summed E-state index contributed by atoms with van der Waals surface area (Å²) in [7, 11) is 0. The van der Waals surface area contributed by atoms with Gasteiger partial charge in [-0.15, -0.1) is 0 Å². The van der Waals surface area contributed by atoms with Crippen LogP contribution in [0.2, 0.25) is 5.02 Å². The van der Waals surface area contributed by atoms with Crippen molar-refractivity contribution >= 4 is 41.1 Å². The van der Waals surface area contributed by atoms with E-state index in [4.69, 9.17) is 22.1 Å². The van der Waals surface area contributed by atoms with E-state index < -0.39 is 29.4 Å². The molecule has 0 saturated carbocycles. The number of carbonyl (C=O) groups is 3. The summed E-state index contributed by atoms with van der Waals surface area (Å²) in [6, 6.07) is 8.80. The van der Waals surface area contributed by atoms with Gasteiger partial charge in [0.1, 0.15) is 11.4 Å². The highest BCUT2D eigenvalue weighted by atomic mass is 35.5. The number of nitrogen functional groups attached to an aromatic ring is 1. The lowest BCUT2D eigenvalue weighted by atomic mass is 9.83. The number of nitrogens with two attached hydrogens (primary N) is 1. The second kappa shape index (κ2) is 8.27. The van der Waals surface area contributed by atoms with Gasteiger partial charge in [-0.2, -0.15) is 5.10 Å². The zero-order valence-electron chi connectivity index (χ0n) is 18.1. The number of fused-ring (bicyclic) bond motifs is 2. The SMILES string of the molecule is Nc1c(C(=O)N2CCC[C@@]3(C2)OC(=O)Nc2ccc(Cl)c(F)c23)cnn1-c1cccc(C(=O)O)c1. The van der Waals surface area contributed by atoms with E-state index in [1.807, 2.05) is 0 Å². The molecule has 2 aliphatic heterocycles. The van der Waals surface area contributed by atoms with Crippen molar-refractivity contribution in [3.8, 4) is 5.69 Å². The van der Waals surface area contributed by atoms with Gasteiger partial charge in [-0.3, -0.25) is 10.1 Å². The van der Waals surface area contributed by atoms with E-state index in [1.54, 1.807) is 12.1 Å². The van der Waals surface area contributed by atoms with Crippen molar-refractivity contribution in [2.45, 2.75) is 18.4 Å². The second-order valence-electron chi connectivity index (χ2n) is 8.33. The molecule has 4 N–H and O–H groups in total. The van der Waals surface area contributed by atoms with Gasteiger partial charge in [0.05, 0.1) is 40.3 Å². The molecule has 1 saturated heterocycles. The Bertz CT molecular complexity index is 1390. The summed E-state index contributed by atoms with van der Waals surface area (Å²) in [5.74, 6) is -2.31. The van der Waals surface area contributed by atoms with E-state index in [1.165, 1.54) is 40.0 Å². The van der Waals surface area contributed by atoms with Crippen molar-refractivity contribution in [3.63, 3.8) is 0 Å². The Labute approximate surface area is 203 Å². The fraction of sp³-hybridized carbons (Fsp3) is 0.217. The molecular weight excluding hydrogens is 481 g/mol. The van der Waals surface area contributed by atoms with E-state index in [2.05, 4.69) is 10.4 Å². The number of hydrogen-bond donors (Lipinski definition) is 3. The van der Waals surface area contributed by atoms with E-state index in [0.717, 1.165) is 0 Å². The maximum absolute atomic E-state index is 15.1. The molecule has 1 aromatic heterocycles. The number of aromatic nitrogens is 2. The van der Waals surface area contributed by atoms with Gasteiger partial charge in [0, 0.05) is 6.54 Å². The predicted octanol–water partition coefficient (Wildman–Crippen LogP) is 3.64. The van der Waals surface area contributed by atoms with Crippen molar-refractivity contribution in [2.24, 2.45) is 0 Å². The number of carboxylic acids is 1. The number of ether oxygens (including phenoxy) is 1. The lowest BCUT2D eigenvalue weighted by Crippen LogP contribution is -2.53. The zero-order chi connectivity index (χ0) is 24.9. The first kappa shape index (κ1) is 22.7. The lowest BCUT2D eigenvalue weighted by molar-refractivity contribution is -0.0418. The van der Waals surface area contributed by atoms with Crippen LogP contribution in [0.3, 0.4) is 0 Å². The highest BCUT2D eigenvalue weighted by molar-refractivity contribution is 6.31. The van der Waals surface area contributed by atoms with Gasteiger partial charge >= 0.3 is 12.1 Å². The van der Waals surface area contributed by atoms with Crippen molar-refractivity contribution in [2.75, 3.05) is 24.1 Å². The Balaban J connectivity index is 1.48. The molecule has 1 fully saturated rings. The molecule has 0 bridgehead atoms. The summed E-state index contributed by atoms with van der Waals surface area (Å²) in [4.78, 5) is 38.4. The minimum Gasteiger partial charge on any atom is -0.478 e. The maximum Gasteiger partial charge on any atom is 0.412 e. The van der Waals surface area contributed by atoms with E-state index in [9.17, 15) is 19.5 Å². The summed E-state index contributed by atoms with van der Waals surface area (Å²) < 4.78 is 21.9. The predicted molar refractivity (Wildman–Crippen MR) is 123 cm³/mol. The van der Waals surface area contributed by atoms with Crippen molar-refractivity contribution in [3.05, 3.63) is 70.1 Å². The summed E-state index contributed by atoms with van der Waals surface area (Å²) >= 11 is 6.00. The molecule has 12 heteroatoms. The molecule has 0 aliphatic carbocycles. The normalized spacial score (nSPS) is 19.1. The minimum absolute atomic E-state index is 0.00842. The van der Waals surface area contributed by atoms with Gasteiger partial charge in [-0.1, -0.05) is 17.7 Å². The minimum atomic E-state index is -1.42. The van der Waals surface area contributed by atoms with Crippen molar-refractivity contribution < 1.29 is 28.6 Å². The largest absolute Gasteiger partial charge is 0.478 e. The second-order valence-corrected chi connectivity index (χ2v) is 8.74. The molecule has 180 valence electrons. The van der Waals surface area contributed by atoms with E-state index in [0.29, 0.717) is 25.1 Å². The Kier molecular flexibility index (Phi) is 5.36. The third kappa shape index (κ3) is 3.73. The topological polar surface area (TPSA) is 140 Å². The quantitative estimate of drug-likeness (QED) is 0.499. The Hall–Kier alpha value is -4.12. The lowest BCUT2D eigenvalue weighted by Gasteiger charge is -2.45. The Morgan fingerprint density at radius 3 is 2.86 bits per heavy atom. The number of piperidine rings is 1. The van der Waals surface area contributed by atoms with Crippen LogP contribution in [-0.2, 0) is 10.3 Å². The van der Waals surface area contributed by atoms with E-state index in [-0.39, 0.29) is 39.8 Å². The van der Waals surface area contributed by atoms with Gasteiger partial charge < -0.3 is 20.5 Å². The first-order valence-corrected chi connectivity index (χ1v) is 11.0. The number of nitrogens with zero attached hydrogens (tertiary/aromatic N) is 3. The number of halogens is 2. The highest BCUT2D eigenvalue weighted by Gasteiger charge is 2.48. The van der Waals surface area contributed by atoms with Crippen LogP contribution in [0.4, 0.5) is 20.7 Å². The van der Waals surface area contributed by atoms with Crippen LogP contribution >= 0.6 is 11.6 Å². The summed E-state index contributed by atoms with van der Waals surface area (Å²) in [6.07, 6.45) is 1.26. The molecule has 0 unspecified atom stereocenters.